The summed E-state index contributed by atoms with van der Waals surface area (Å²) in [6.45, 7) is 6.00. The summed E-state index contributed by atoms with van der Waals surface area (Å²) in [5.74, 6) is 1.63. The lowest BCUT2D eigenvalue weighted by Gasteiger charge is -2.29. The minimum Gasteiger partial charge on any atom is -0.494 e. The highest BCUT2D eigenvalue weighted by atomic mass is 16.5. The average molecular weight is 263 g/mol. The lowest BCUT2D eigenvalue weighted by Crippen LogP contribution is -2.38. The van der Waals surface area contributed by atoms with E-state index in [0.29, 0.717) is 12.6 Å². The van der Waals surface area contributed by atoms with Crippen LogP contribution in [0.15, 0.2) is 24.3 Å². The van der Waals surface area contributed by atoms with Crippen LogP contribution in [0, 0.1) is 5.92 Å². The fourth-order valence-corrected chi connectivity index (χ4v) is 2.76. The van der Waals surface area contributed by atoms with E-state index in [0.717, 1.165) is 36.6 Å². The van der Waals surface area contributed by atoms with Gasteiger partial charge in [-0.15, -0.1) is 0 Å². The highest BCUT2D eigenvalue weighted by Crippen LogP contribution is 2.25. The fraction of sp³-hybridized carbons (Fsp3) is 0.625. The molecule has 3 atom stereocenters. The summed E-state index contributed by atoms with van der Waals surface area (Å²) in [5.41, 5.74) is 0.975. The van der Waals surface area contributed by atoms with E-state index in [1.165, 1.54) is 6.42 Å². The molecular formula is C16H25NO2. The molecule has 1 aromatic carbocycles. The number of rotatable bonds is 5. The molecule has 2 N–H and O–H groups in total. The van der Waals surface area contributed by atoms with Gasteiger partial charge in [0.05, 0.1) is 12.7 Å². The second kappa shape index (κ2) is 6.92. The smallest absolute Gasteiger partial charge is 0.119 e. The first-order valence-electron chi connectivity index (χ1n) is 7.33. The molecule has 106 valence electrons. The van der Waals surface area contributed by atoms with Crippen molar-refractivity contribution in [3.05, 3.63) is 29.8 Å². The van der Waals surface area contributed by atoms with Crippen LogP contribution in [0.25, 0.3) is 0 Å². The van der Waals surface area contributed by atoms with Crippen molar-refractivity contribution in [2.45, 2.75) is 45.3 Å². The van der Waals surface area contributed by atoms with Crippen LogP contribution < -0.4 is 10.1 Å². The van der Waals surface area contributed by atoms with E-state index < -0.39 is 6.10 Å². The second-order valence-electron chi connectivity index (χ2n) is 5.53. The van der Waals surface area contributed by atoms with Crippen LogP contribution in [-0.4, -0.2) is 24.3 Å². The maximum atomic E-state index is 10.3. The summed E-state index contributed by atoms with van der Waals surface area (Å²) in [6.07, 6.45) is 2.81. The number of benzene rings is 1. The molecule has 2 rings (SSSR count). The van der Waals surface area contributed by atoms with E-state index in [1.54, 1.807) is 0 Å². The Kier molecular flexibility index (Phi) is 5.23. The SMILES string of the molecule is CCOc1ccc(C(O)CC2CC(C)CCN2)cc1. The van der Waals surface area contributed by atoms with Crippen LogP contribution in [0.4, 0.5) is 0 Å². The molecule has 0 saturated carbocycles. The number of hydrogen-bond donors (Lipinski definition) is 2. The largest absolute Gasteiger partial charge is 0.494 e. The summed E-state index contributed by atoms with van der Waals surface area (Å²) in [6, 6.07) is 8.22. The molecule has 0 bridgehead atoms. The van der Waals surface area contributed by atoms with E-state index in [2.05, 4.69) is 12.2 Å². The van der Waals surface area contributed by atoms with Crippen LogP contribution >= 0.6 is 0 Å². The number of hydrogen-bond acceptors (Lipinski definition) is 3. The lowest BCUT2D eigenvalue weighted by atomic mass is 9.90. The van der Waals surface area contributed by atoms with Crippen molar-refractivity contribution in [2.24, 2.45) is 5.92 Å². The molecule has 1 heterocycles. The van der Waals surface area contributed by atoms with Gasteiger partial charge in [-0.2, -0.15) is 0 Å². The van der Waals surface area contributed by atoms with Crippen LogP contribution in [0.5, 0.6) is 5.75 Å². The number of ether oxygens (including phenoxy) is 1. The lowest BCUT2D eigenvalue weighted by molar-refractivity contribution is 0.138. The van der Waals surface area contributed by atoms with Gasteiger partial charge in [-0.1, -0.05) is 19.1 Å². The van der Waals surface area contributed by atoms with Gasteiger partial charge in [0.1, 0.15) is 5.75 Å². The number of nitrogens with one attached hydrogen (secondary N) is 1. The van der Waals surface area contributed by atoms with E-state index >= 15 is 0 Å². The molecule has 19 heavy (non-hydrogen) atoms. The summed E-state index contributed by atoms with van der Waals surface area (Å²) in [5, 5.41) is 13.8. The Labute approximate surface area is 116 Å². The van der Waals surface area contributed by atoms with Crippen LogP contribution in [0.2, 0.25) is 0 Å². The highest BCUT2D eigenvalue weighted by molar-refractivity contribution is 5.28. The Morgan fingerprint density at radius 1 is 1.37 bits per heavy atom. The zero-order valence-corrected chi connectivity index (χ0v) is 11.9. The Bertz CT molecular complexity index is 377. The fourth-order valence-electron chi connectivity index (χ4n) is 2.76. The number of aliphatic hydroxyl groups excluding tert-OH is 1. The monoisotopic (exact) mass is 263 g/mol. The van der Waals surface area contributed by atoms with Gasteiger partial charge in [0, 0.05) is 6.04 Å². The maximum absolute atomic E-state index is 10.3. The van der Waals surface area contributed by atoms with Crippen molar-refractivity contribution < 1.29 is 9.84 Å². The normalized spacial score (nSPS) is 25.0. The number of piperidine rings is 1. The molecule has 1 fully saturated rings. The average Bonchev–Trinajstić information content (AvgIpc) is 2.40. The molecule has 0 spiro atoms. The first-order valence-corrected chi connectivity index (χ1v) is 7.33. The van der Waals surface area contributed by atoms with E-state index in [-0.39, 0.29) is 0 Å². The molecule has 0 aliphatic carbocycles. The summed E-state index contributed by atoms with van der Waals surface area (Å²) >= 11 is 0. The predicted octanol–water partition coefficient (Wildman–Crippen LogP) is 2.90. The third-order valence-electron chi connectivity index (χ3n) is 3.84. The molecule has 3 heteroatoms. The van der Waals surface area contributed by atoms with Crippen molar-refractivity contribution in [1.82, 2.24) is 5.32 Å². The second-order valence-corrected chi connectivity index (χ2v) is 5.53. The number of aliphatic hydroxyl groups is 1. The topological polar surface area (TPSA) is 41.5 Å². The summed E-state index contributed by atoms with van der Waals surface area (Å²) in [4.78, 5) is 0. The first kappa shape index (κ1) is 14.4. The molecule has 3 unspecified atom stereocenters. The Balaban J connectivity index is 1.89. The Morgan fingerprint density at radius 3 is 2.74 bits per heavy atom. The Morgan fingerprint density at radius 2 is 2.11 bits per heavy atom. The van der Waals surface area contributed by atoms with E-state index in [9.17, 15) is 5.11 Å². The molecular weight excluding hydrogens is 238 g/mol. The van der Waals surface area contributed by atoms with Gasteiger partial charge >= 0.3 is 0 Å². The van der Waals surface area contributed by atoms with Gasteiger partial charge < -0.3 is 15.2 Å². The molecule has 0 radical (unpaired) electrons. The summed E-state index contributed by atoms with van der Waals surface area (Å²) < 4.78 is 5.41. The molecule has 1 aliphatic rings. The minimum absolute atomic E-state index is 0.390. The molecule has 1 saturated heterocycles. The van der Waals surface area contributed by atoms with Crippen LogP contribution in [-0.2, 0) is 0 Å². The molecule has 0 aromatic heterocycles. The predicted molar refractivity (Wildman–Crippen MR) is 77.4 cm³/mol. The quantitative estimate of drug-likeness (QED) is 0.858. The third kappa shape index (κ3) is 4.22. The minimum atomic E-state index is -0.390. The van der Waals surface area contributed by atoms with Crippen LogP contribution in [0.3, 0.4) is 0 Å². The van der Waals surface area contributed by atoms with Gasteiger partial charge in [-0.25, -0.2) is 0 Å². The molecule has 1 aliphatic heterocycles. The summed E-state index contributed by atoms with van der Waals surface area (Å²) in [7, 11) is 0. The van der Waals surface area contributed by atoms with Crippen LogP contribution in [0.1, 0.15) is 44.8 Å². The van der Waals surface area contributed by atoms with Gasteiger partial charge in [0.25, 0.3) is 0 Å². The van der Waals surface area contributed by atoms with Crippen molar-refractivity contribution in [2.75, 3.05) is 13.2 Å². The third-order valence-corrected chi connectivity index (χ3v) is 3.84. The van der Waals surface area contributed by atoms with Gasteiger partial charge in [0.2, 0.25) is 0 Å². The molecule has 0 amide bonds. The molecule has 3 nitrogen and oxygen atoms in total. The van der Waals surface area contributed by atoms with Crippen molar-refractivity contribution in [3.63, 3.8) is 0 Å². The van der Waals surface area contributed by atoms with Crippen molar-refractivity contribution >= 4 is 0 Å². The maximum Gasteiger partial charge on any atom is 0.119 e. The van der Waals surface area contributed by atoms with Gasteiger partial charge in [-0.05, 0) is 56.3 Å². The first-order chi connectivity index (χ1) is 9.19. The zero-order chi connectivity index (χ0) is 13.7. The van der Waals surface area contributed by atoms with Crippen molar-refractivity contribution in [1.29, 1.82) is 0 Å². The molecule has 1 aromatic rings. The zero-order valence-electron chi connectivity index (χ0n) is 11.9. The van der Waals surface area contributed by atoms with E-state index in [1.807, 2.05) is 31.2 Å². The standard InChI is InChI=1S/C16H25NO2/c1-3-19-15-6-4-13(5-7-15)16(18)11-14-10-12(2)8-9-17-14/h4-7,12,14,16-18H,3,8-11H2,1-2H3. The van der Waals surface area contributed by atoms with Gasteiger partial charge in [0.15, 0.2) is 0 Å². The van der Waals surface area contributed by atoms with Crippen molar-refractivity contribution in [3.8, 4) is 5.75 Å². The van der Waals surface area contributed by atoms with E-state index in [4.69, 9.17) is 4.74 Å². The van der Waals surface area contributed by atoms with Gasteiger partial charge in [-0.3, -0.25) is 0 Å². The Hall–Kier alpha value is -1.06. The highest BCUT2D eigenvalue weighted by Gasteiger charge is 2.21.